The number of amides is 1. The van der Waals surface area contributed by atoms with Crippen molar-refractivity contribution in [3.63, 3.8) is 0 Å². The largest absolute Gasteiger partial charge is 0.456 e. The van der Waals surface area contributed by atoms with Gasteiger partial charge in [-0.3, -0.25) is 9.69 Å². The van der Waals surface area contributed by atoms with Crippen LogP contribution < -0.4 is 0 Å². The number of carbonyl (C=O) groups excluding carboxylic acids is 3. The van der Waals surface area contributed by atoms with Gasteiger partial charge >= 0.3 is 12.1 Å². The van der Waals surface area contributed by atoms with Gasteiger partial charge in [-0.25, -0.2) is 9.59 Å². The standard InChI is InChI=1S/C13H21NO6/c1-8(15)7-19-11(17)10-5-9(16)6-14(10)12(18)20-13(2,3)4/h9-10,16H,5-7H2,1-4H3. The summed E-state index contributed by atoms with van der Waals surface area (Å²) in [7, 11) is 0. The summed E-state index contributed by atoms with van der Waals surface area (Å²) in [6.07, 6.45) is -1.41. The number of aliphatic hydroxyl groups excluding tert-OH is 1. The third-order valence-electron chi connectivity index (χ3n) is 2.60. The third kappa shape index (κ3) is 4.80. The van der Waals surface area contributed by atoms with Gasteiger partial charge in [0.2, 0.25) is 0 Å². The van der Waals surface area contributed by atoms with Gasteiger partial charge in [0.1, 0.15) is 18.2 Å². The topological polar surface area (TPSA) is 93.1 Å². The summed E-state index contributed by atoms with van der Waals surface area (Å²) in [6, 6.07) is -0.917. The lowest BCUT2D eigenvalue weighted by Crippen LogP contribution is -2.44. The second-order valence-electron chi connectivity index (χ2n) is 5.85. The molecule has 2 unspecified atom stereocenters. The number of hydrogen-bond donors (Lipinski definition) is 1. The van der Waals surface area contributed by atoms with Crippen molar-refractivity contribution in [2.45, 2.75) is 51.9 Å². The lowest BCUT2D eigenvalue weighted by molar-refractivity contribution is -0.151. The van der Waals surface area contributed by atoms with Crippen molar-refractivity contribution in [1.82, 2.24) is 4.90 Å². The zero-order chi connectivity index (χ0) is 15.5. The molecule has 0 aromatic rings. The van der Waals surface area contributed by atoms with E-state index in [2.05, 4.69) is 0 Å². The van der Waals surface area contributed by atoms with Crippen LogP contribution in [0.25, 0.3) is 0 Å². The highest BCUT2D eigenvalue weighted by Gasteiger charge is 2.41. The van der Waals surface area contributed by atoms with Gasteiger partial charge in [-0.15, -0.1) is 0 Å². The highest BCUT2D eigenvalue weighted by molar-refractivity contribution is 5.85. The van der Waals surface area contributed by atoms with E-state index in [1.54, 1.807) is 20.8 Å². The third-order valence-corrected chi connectivity index (χ3v) is 2.60. The Morgan fingerprint density at radius 3 is 2.40 bits per heavy atom. The SMILES string of the molecule is CC(=O)COC(=O)C1CC(O)CN1C(=O)OC(C)(C)C. The molecule has 0 aromatic carbocycles. The predicted octanol–water partition coefficient (Wildman–Crippen LogP) is 0.489. The maximum atomic E-state index is 12.0. The highest BCUT2D eigenvalue weighted by Crippen LogP contribution is 2.22. The van der Waals surface area contributed by atoms with Crippen molar-refractivity contribution in [3.05, 3.63) is 0 Å². The second kappa shape index (κ2) is 6.21. The molecule has 1 heterocycles. The van der Waals surface area contributed by atoms with Gasteiger partial charge in [0, 0.05) is 6.42 Å². The van der Waals surface area contributed by atoms with Gasteiger partial charge in [-0.05, 0) is 27.7 Å². The van der Waals surface area contributed by atoms with Gasteiger partial charge < -0.3 is 14.6 Å². The van der Waals surface area contributed by atoms with Crippen molar-refractivity contribution in [2.24, 2.45) is 0 Å². The van der Waals surface area contributed by atoms with E-state index in [1.807, 2.05) is 0 Å². The Labute approximate surface area is 117 Å². The fourth-order valence-electron chi connectivity index (χ4n) is 1.83. The van der Waals surface area contributed by atoms with Crippen LogP contribution in [0.1, 0.15) is 34.1 Å². The minimum atomic E-state index is -0.917. The molecule has 1 fully saturated rings. The van der Waals surface area contributed by atoms with Crippen molar-refractivity contribution >= 4 is 17.8 Å². The molecule has 7 heteroatoms. The van der Waals surface area contributed by atoms with Gasteiger partial charge in [0.15, 0.2) is 5.78 Å². The van der Waals surface area contributed by atoms with Gasteiger partial charge in [0.05, 0.1) is 12.6 Å². The quantitative estimate of drug-likeness (QED) is 0.759. The summed E-state index contributed by atoms with van der Waals surface area (Å²) in [5.74, 6) is -0.997. The summed E-state index contributed by atoms with van der Waals surface area (Å²) in [5.41, 5.74) is -0.696. The van der Waals surface area contributed by atoms with Crippen LogP contribution in [-0.4, -0.2) is 58.8 Å². The molecule has 1 aliphatic heterocycles. The number of hydrogen-bond acceptors (Lipinski definition) is 6. The summed E-state index contributed by atoms with van der Waals surface area (Å²) in [4.78, 5) is 35.8. The molecular weight excluding hydrogens is 266 g/mol. The monoisotopic (exact) mass is 287 g/mol. The fraction of sp³-hybridized carbons (Fsp3) is 0.769. The van der Waals surface area contributed by atoms with E-state index in [0.29, 0.717) is 0 Å². The first-order valence-corrected chi connectivity index (χ1v) is 6.44. The molecular formula is C13H21NO6. The Morgan fingerprint density at radius 1 is 1.30 bits per heavy atom. The smallest absolute Gasteiger partial charge is 0.411 e. The lowest BCUT2D eigenvalue weighted by Gasteiger charge is -2.27. The molecule has 7 nitrogen and oxygen atoms in total. The first kappa shape index (κ1) is 16.4. The van der Waals surface area contributed by atoms with Crippen LogP contribution in [-0.2, 0) is 19.1 Å². The number of ketones is 1. The van der Waals surface area contributed by atoms with E-state index < -0.39 is 29.8 Å². The van der Waals surface area contributed by atoms with Crippen molar-refractivity contribution in [2.75, 3.05) is 13.2 Å². The number of ether oxygens (including phenoxy) is 2. The molecule has 1 saturated heterocycles. The highest BCUT2D eigenvalue weighted by atomic mass is 16.6. The fourth-order valence-corrected chi connectivity index (χ4v) is 1.83. The Bertz CT molecular complexity index is 400. The second-order valence-corrected chi connectivity index (χ2v) is 5.85. The molecule has 0 aromatic heterocycles. The number of carbonyl (C=O) groups is 3. The Hall–Kier alpha value is -1.63. The zero-order valence-corrected chi connectivity index (χ0v) is 12.2. The molecule has 2 atom stereocenters. The Balaban J connectivity index is 2.70. The number of nitrogens with zero attached hydrogens (tertiary/aromatic N) is 1. The first-order chi connectivity index (χ1) is 9.10. The molecule has 0 saturated carbocycles. The predicted molar refractivity (Wildman–Crippen MR) is 69.0 cm³/mol. The van der Waals surface area contributed by atoms with Crippen LogP contribution in [0.15, 0.2) is 0 Å². The summed E-state index contributed by atoms with van der Waals surface area (Å²) in [5, 5.41) is 9.62. The maximum absolute atomic E-state index is 12.0. The summed E-state index contributed by atoms with van der Waals surface area (Å²) in [6.45, 7) is 6.09. The molecule has 20 heavy (non-hydrogen) atoms. The van der Waals surface area contributed by atoms with Crippen molar-refractivity contribution in [1.29, 1.82) is 0 Å². The average molecular weight is 287 g/mol. The number of esters is 1. The molecule has 0 radical (unpaired) electrons. The van der Waals surface area contributed by atoms with Gasteiger partial charge in [0.25, 0.3) is 0 Å². The molecule has 0 aliphatic carbocycles. The van der Waals surface area contributed by atoms with E-state index in [-0.39, 0.29) is 25.4 Å². The lowest BCUT2D eigenvalue weighted by atomic mass is 10.2. The molecule has 114 valence electrons. The van der Waals surface area contributed by atoms with Crippen LogP contribution in [0.3, 0.4) is 0 Å². The molecule has 0 bridgehead atoms. The molecule has 1 aliphatic rings. The minimum Gasteiger partial charge on any atom is -0.456 e. The normalized spacial score (nSPS) is 22.6. The van der Waals surface area contributed by atoms with Crippen molar-refractivity contribution in [3.8, 4) is 0 Å². The van der Waals surface area contributed by atoms with Crippen LogP contribution in [0.2, 0.25) is 0 Å². The average Bonchev–Trinajstić information content (AvgIpc) is 2.66. The zero-order valence-electron chi connectivity index (χ0n) is 12.2. The summed E-state index contributed by atoms with van der Waals surface area (Å²) < 4.78 is 9.97. The van der Waals surface area contributed by atoms with Crippen LogP contribution in [0, 0.1) is 0 Å². The van der Waals surface area contributed by atoms with Gasteiger partial charge in [-0.2, -0.15) is 0 Å². The van der Waals surface area contributed by atoms with Crippen LogP contribution >= 0.6 is 0 Å². The molecule has 1 N–H and O–H groups in total. The van der Waals surface area contributed by atoms with E-state index in [4.69, 9.17) is 9.47 Å². The number of Topliss-reactive ketones (excluding diaryl/α,β-unsaturated/α-hetero) is 1. The molecule has 1 rings (SSSR count). The maximum Gasteiger partial charge on any atom is 0.411 e. The minimum absolute atomic E-state index is 0.00868. The van der Waals surface area contributed by atoms with Crippen LogP contribution in [0.4, 0.5) is 4.79 Å². The van der Waals surface area contributed by atoms with Crippen LogP contribution in [0.5, 0.6) is 0 Å². The Morgan fingerprint density at radius 2 is 1.90 bits per heavy atom. The molecule has 1 amide bonds. The summed E-state index contributed by atoms with van der Waals surface area (Å²) >= 11 is 0. The number of likely N-dealkylation sites (tertiary alicyclic amines) is 1. The van der Waals surface area contributed by atoms with Crippen molar-refractivity contribution < 1.29 is 29.0 Å². The number of aliphatic hydroxyl groups is 1. The van der Waals surface area contributed by atoms with E-state index in [1.165, 1.54) is 6.92 Å². The van der Waals surface area contributed by atoms with E-state index in [9.17, 15) is 19.5 Å². The first-order valence-electron chi connectivity index (χ1n) is 6.44. The Kier molecular flexibility index (Phi) is 5.10. The van der Waals surface area contributed by atoms with E-state index >= 15 is 0 Å². The number of β-amino-alcohol motifs (C(OH)–C–C–N with tert-alkyl or cyclic N) is 1. The molecule has 0 spiro atoms. The van der Waals surface area contributed by atoms with E-state index in [0.717, 1.165) is 4.90 Å². The van der Waals surface area contributed by atoms with Gasteiger partial charge in [-0.1, -0.05) is 0 Å². The number of rotatable bonds is 3.